The predicted octanol–water partition coefficient (Wildman–Crippen LogP) is 5.54. The SMILES string of the molecule is COc1ccccc1C1CC(c2ccc(Cl)cc2)=NN1S(=O)(=O)c1ccc(Cl)cc1. The molecular formula is C22H18Cl2N2O3S. The summed E-state index contributed by atoms with van der Waals surface area (Å²) >= 11 is 11.9. The summed E-state index contributed by atoms with van der Waals surface area (Å²) < 4.78 is 33.6. The Balaban J connectivity index is 1.83. The summed E-state index contributed by atoms with van der Waals surface area (Å²) in [6.07, 6.45) is 0.398. The second kappa shape index (κ2) is 8.30. The van der Waals surface area contributed by atoms with Crippen LogP contribution in [-0.2, 0) is 10.0 Å². The first-order valence-electron chi connectivity index (χ1n) is 9.16. The van der Waals surface area contributed by atoms with Crippen LogP contribution < -0.4 is 4.74 Å². The van der Waals surface area contributed by atoms with Crippen LogP contribution in [0.3, 0.4) is 0 Å². The minimum atomic E-state index is -3.92. The van der Waals surface area contributed by atoms with Crippen LogP contribution in [-0.4, -0.2) is 25.7 Å². The van der Waals surface area contributed by atoms with Crippen LogP contribution in [0.4, 0.5) is 0 Å². The molecule has 0 saturated carbocycles. The zero-order chi connectivity index (χ0) is 21.3. The molecule has 0 amide bonds. The number of ether oxygens (including phenoxy) is 1. The van der Waals surface area contributed by atoms with Gasteiger partial charge in [-0.3, -0.25) is 0 Å². The van der Waals surface area contributed by atoms with Crippen molar-refractivity contribution >= 4 is 38.9 Å². The van der Waals surface area contributed by atoms with Gasteiger partial charge in [0, 0.05) is 22.0 Å². The van der Waals surface area contributed by atoms with E-state index in [1.54, 1.807) is 31.4 Å². The summed E-state index contributed by atoms with van der Waals surface area (Å²) in [6.45, 7) is 0. The van der Waals surface area contributed by atoms with E-state index in [0.717, 1.165) is 15.5 Å². The molecule has 0 radical (unpaired) electrons. The molecule has 8 heteroatoms. The van der Waals surface area contributed by atoms with Gasteiger partial charge in [0.1, 0.15) is 5.75 Å². The Bertz CT molecular complexity index is 1190. The molecular weight excluding hydrogens is 443 g/mol. The van der Waals surface area contributed by atoms with E-state index in [1.807, 2.05) is 36.4 Å². The molecule has 0 spiro atoms. The molecule has 0 aliphatic carbocycles. The van der Waals surface area contributed by atoms with E-state index in [9.17, 15) is 8.42 Å². The number of hydrazone groups is 1. The first-order chi connectivity index (χ1) is 14.4. The maximum absolute atomic E-state index is 13.5. The van der Waals surface area contributed by atoms with Gasteiger partial charge in [-0.2, -0.15) is 17.9 Å². The smallest absolute Gasteiger partial charge is 0.279 e. The van der Waals surface area contributed by atoms with Crippen LogP contribution >= 0.6 is 23.2 Å². The van der Waals surface area contributed by atoms with Crippen LogP contribution in [0.25, 0.3) is 0 Å². The first-order valence-corrected chi connectivity index (χ1v) is 11.4. The summed E-state index contributed by atoms with van der Waals surface area (Å²) in [4.78, 5) is 0.118. The zero-order valence-electron chi connectivity index (χ0n) is 16.0. The molecule has 1 heterocycles. The van der Waals surface area contributed by atoms with Gasteiger partial charge in [-0.15, -0.1) is 0 Å². The Morgan fingerprint density at radius 1 is 0.933 bits per heavy atom. The standard InChI is InChI=1S/C22H18Cl2N2O3S/c1-29-22-5-3-2-4-19(22)21-14-20(15-6-8-16(23)9-7-15)25-26(21)30(27,28)18-12-10-17(24)11-13-18/h2-13,21H,14H2,1H3. The molecule has 5 nitrogen and oxygen atoms in total. The first kappa shape index (κ1) is 20.7. The molecule has 1 aliphatic rings. The van der Waals surface area contributed by atoms with Crippen molar-refractivity contribution in [3.8, 4) is 5.75 Å². The van der Waals surface area contributed by atoms with Crippen molar-refractivity contribution < 1.29 is 13.2 Å². The lowest BCUT2D eigenvalue weighted by molar-refractivity contribution is 0.350. The molecule has 154 valence electrons. The molecule has 0 bridgehead atoms. The maximum Gasteiger partial charge on any atom is 0.279 e. The zero-order valence-corrected chi connectivity index (χ0v) is 18.3. The highest BCUT2D eigenvalue weighted by atomic mass is 35.5. The molecule has 0 aromatic heterocycles. The van der Waals surface area contributed by atoms with Crippen LogP contribution in [0.5, 0.6) is 5.75 Å². The van der Waals surface area contributed by atoms with Crippen molar-refractivity contribution in [2.24, 2.45) is 5.10 Å². The maximum atomic E-state index is 13.5. The number of benzene rings is 3. The van der Waals surface area contributed by atoms with Crippen LogP contribution in [0.2, 0.25) is 10.0 Å². The molecule has 30 heavy (non-hydrogen) atoms. The number of para-hydroxylation sites is 1. The van der Waals surface area contributed by atoms with Crippen molar-refractivity contribution in [1.29, 1.82) is 0 Å². The molecule has 4 rings (SSSR count). The molecule has 1 aliphatic heterocycles. The lowest BCUT2D eigenvalue weighted by atomic mass is 9.98. The summed E-state index contributed by atoms with van der Waals surface area (Å²) in [5.74, 6) is 0.603. The Morgan fingerprint density at radius 3 is 2.17 bits per heavy atom. The number of rotatable bonds is 5. The average molecular weight is 461 g/mol. The van der Waals surface area contributed by atoms with E-state index in [-0.39, 0.29) is 4.90 Å². The van der Waals surface area contributed by atoms with Crippen LogP contribution in [0.15, 0.2) is 82.8 Å². The van der Waals surface area contributed by atoms with Crippen molar-refractivity contribution in [2.75, 3.05) is 7.11 Å². The third-order valence-corrected chi connectivity index (χ3v) is 7.11. The van der Waals surface area contributed by atoms with Gasteiger partial charge < -0.3 is 4.74 Å². The van der Waals surface area contributed by atoms with Gasteiger partial charge in [0.05, 0.1) is 23.8 Å². The molecule has 3 aromatic rings. The molecule has 0 fully saturated rings. The van der Waals surface area contributed by atoms with Crippen molar-refractivity contribution in [3.05, 3.63) is 94.0 Å². The lowest BCUT2D eigenvalue weighted by Crippen LogP contribution is -2.27. The highest BCUT2D eigenvalue weighted by Crippen LogP contribution is 2.40. The summed E-state index contributed by atoms with van der Waals surface area (Å²) in [6, 6.07) is 20.0. The fourth-order valence-electron chi connectivity index (χ4n) is 3.42. The number of hydrogen-bond acceptors (Lipinski definition) is 4. The van der Waals surface area contributed by atoms with Gasteiger partial charge >= 0.3 is 0 Å². The second-order valence-electron chi connectivity index (χ2n) is 6.75. The lowest BCUT2D eigenvalue weighted by Gasteiger charge is -2.24. The second-order valence-corrected chi connectivity index (χ2v) is 9.42. The van der Waals surface area contributed by atoms with Crippen LogP contribution in [0.1, 0.15) is 23.6 Å². The molecule has 0 N–H and O–H groups in total. The highest BCUT2D eigenvalue weighted by molar-refractivity contribution is 7.89. The van der Waals surface area contributed by atoms with E-state index in [0.29, 0.717) is 27.9 Å². The molecule has 0 saturated heterocycles. The number of hydrogen-bond donors (Lipinski definition) is 0. The Kier molecular flexibility index (Phi) is 5.73. The van der Waals surface area contributed by atoms with E-state index in [1.165, 1.54) is 12.1 Å². The van der Waals surface area contributed by atoms with Gasteiger partial charge in [-0.25, -0.2) is 0 Å². The molecule has 1 atom stereocenters. The largest absolute Gasteiger partial charge is 0.496 e. The van der Waals surface area contributed by atoms with Crippen molar-refractivity contribution in [3.63, 3.8) is 0 Å². The fraction of sp³-hybridized carbons (Fsp3) is 0.136. The molecule has 1 unspecified atom stereocenters. The molecule has 3 aromatic carbocycles. The number of nitrogens with zero attached hydrogens (tertiary/aromatic N) is 2. The van der Waals surface area contributed by atoms with Crippen molar-refractivity contribution in [2.45, 2.75) is 17.4 Å². The topological polar surface area (TPSA) is 59.0 Å². The minimum absolute atomic E-state index is 0.118. The fourth-order valence-corrected chi connectivity index (χ4v) is 5.09. The average Bonchev–Trinajstić information content (AvgIpc) is 3.21. The monoisotopic (exact) mass is 460 g/mol. The van der Waals surface area contributed by atoms with E-state index in [4.69, 9.17) is 27.9 Å². The predicted molar refractivity (Wildman–Crippen MR) is 119 cm³/mol. The van der Waals surface area contributed by atoms with Crippen LogP contribution in [0, 0.1) is 0 Å². The Labute approximate surface area is 185 Å². The van der Waals surface area contributed by atoms with Gasteiger partial charge in [0.15, 0.2) is 0 Å². The highest BCUT2D eigenvalue weighted by Gasteiger charge is 2.39. The van der Waals surface area contributed by atoms with Crippen molar-refractivity contribution in [1.82, 2.24) is 4.41 Å². The normalized spacial score (nSPS) is 16.4. The number of halogens is 2. The number of sulfonamides is 1. The summed E-state index contributed by atoms with van der Waals surface area (Å²) in [5.41, 5.74) is 2.21. The van der Waals surface area contributed by atoms with Gasteiger partial charge in [-0.1, -0.05) is 53.5 Å². The summed E-state index contributed by atoms with van der Waals surface area (Å²) in [7, 11) is -2.36. The van der Waals surface area contributed by atoms with E-state index < -0.39 is 16.1 Å². The van der Waals surface area contributed by atoms with E-state index in [2.05, 4.69) is 5.10 Å². The van der Waals surface area contributed by atoms with Gasteiger partial charge in [0.2, 0.25) is 0 Å². The quantitative estimate of drug-likeness (QED) is 0.501. The van der Waals surface area contributed by atoms with Gasteiger partial charge in [-0.05, 0) is 48.0 Å². The minimum Gasteiger partial charge on any atom is -0.496 e. The van der Waals surface area contributed by atoms with Gasteiger partial charge in [0.25, 0.3) is 10.0 Å². The third kappa shape index (κ3) is 3.90. The number of methoxy groups -OCH3 is 1. The third-order valence-electron chi connectivity index (χ3n) is 4.91. The summed E-state index contributed by atoms with van der Waals surface area (Å²) in [5, 5.41) is 5.58. The van der Waals surface area contributed by atoms with E-state index >= 15 is 0 Å². The Hall–Kier alpha value is -2.54. The Morgan fingerprint density at radius 2 is 1.53 bits per heavy atom.